The molecule has 0 aliphatic carbocycles. The highest BCUT2D eigenvalue weighted by molar-refractivity contribution is 5.90. The van der Waals surface area contributed by atoms with Gasteiger partial charge in [0, 0.05) is 16.9 Å². The molecule has 19 heavy (non-hydrogen) atoms. The van der Waals surface area contributed by atoms with Crippen molar-refractivity contribution >= 4 is 17.3 Å². The molecule has 1 amide bonds. The van der Waals surface area contributed by atoms with E-state index in [-0.39, 0.29) is 0 Å². The first-order chi connectivity index (χ1) is 9.09. The van der Waals surface area contributed by atoms with Crippen LogP contribution in [0.1, 0.15) is 6.92 Å². The molecule has 0 heterocycles. The Bertz CT molecular complexity index is 471. The number of carbonyl (C=O) groups is 1. The zero-order chi connectivity index (χ0) is 14.1. The molecular weight excluding hydrogens is 236 g/mol. The highest BCUT2D eigenvalue weighted by atomic mass is 16.1. The van der Waals surface area contributed by atoms with E-state index in [1.807, 2.05) is 60.7 Å². The fourth-order valence-electron chi connectivity index (χ4n) is 1.21. The van der Waals surface area contributed by atoms with Gasteiger partial charge in [0.2, 0.25) is 5.91 Å². The number of benzene rings is 2. The number of hydrogen-bond acceptors (Lipinski definition) is 2. The number of amides is 1. The highest BCUT2D eigenvalue weighted by Gasteiger charge is 1.90. The van der Waals surface area contributed by atoms with Crippen molar-refractivity contribution in [3.05, 3.63) is 72.8 Å². The van der Waals surface area contributed by atoms with Gasteiger partial charge in [-0.15, -0.1) is 0 Å². The lowest BCUT2D eigenvalue weighted by molar-refractivity contribution is -0.114. The van der Waals surface area contributed by atoms with Gasteiger partial charge in [0.1, 0.15) is 0 Å². The lowest BCUT2D eigenvalue weighted by Gasteiger charge is -2.04. The smallest absolute Gasteiger partial charge is 0.243 e. The molecule has 98 valence electrons. The third kappa shape index (κ3) is 6.07. The maximum Gasteiger partial charge on any atom is 0.243 e. The first-order valence-corrected chi connectivity index (χ1v) is 5.92. The van der Waals surface area contributed by atoms with E-state index in [1.54, 1.807) is 6.92 Å². The minimum absolute atomic E-state index is 0.398. The van der Waals surface area contributed by atoms with Crippen LogP contribution in [0.4, 0.5) is 11.4 Å². The van der Waals surface area contributed by atoms with Crippen LogP contribution in [0.5, 0.6) is 0 Å². The molecule has 3 nitrogen and oxygen atoms in total. The summed E-state index contributed by atoms with van der Waals surface area (Å²) in [6, 6.07) is 20.3. The molecule has 2 rings (SSSR count). The summed E-state index contributed by atoms with van der Waals surface area (Å²) in [7, 11) is 0. The summed E-state index contributed by atoms with van der Waals surface area (Å²) in [5.74, 6) is -0.435. The van der Waals surface area contributed by atoms with Crippen LogP contribution in [-0.2, 0) is 4.79 Å². The minimum atomic E-state index is -0.435. The van der Waals surface area contributed by atoms with Gasteiger partial charge < -0.3 is 11.1 Å². The van der Waals surface area contributed by atoms with E-state index in [4.69, 9.17) is 5.73 Å². The average molecular weight is 254 g/mol. The van der Waals surface area contributed by atoms with Crippen LogP contribution >= 0.6 is 0 Å². The predicted octanol–water partition coefficient (Wildman–Crippen LogP) is 3.48. The molecule has 0 aliphatic heterocycles. The van der Waals surface area contributed by atoms with Crippen LogP contribution in [-0.4, -0.2) is 5.91 Å². The van der Waals surface area contributed by atoms with Crippen molar-refractivity contribution in [1.82, 2.24) is 0 Å². The van der Waals surface area contributed by atoms with E-state index in [0.717, 1.165) is 11.4 Å². The Morgan fingerprint density at radius 2 is 1.26 bits per heavy atom. The second-order valence-corrected chi connectivity index (χ2v) is 4.00. The normalized spacial score (nSPS) is 8.89. The summed E-state index contributed by atoms with van der Waals surface area (Å²) in [5, 5.41) is 3.30. The Labute approximate surface area is 113 Å². The highest BCUT2D eigenvalue weighted by Crippen LogP contribution is 2.14. The van der Waals surface area contributed by atoms with E-state index in [0.29, 0.717) is 5.57 Å². The van der Waals surface area contributed by atoms with Crippen molar-refractivity contribution in [1.29, 1.82) is 0 Å². The SMILES string of the molecule is C=C(C)C(N)=O.c1ccc(Nc2ccccc2)cc1. The third-order valence-corrected chi connectivity index (χ3v) is 2.26. The standard InChI is InChI=1S/C12H11N.C4H7NO/c1-3-7-11(8-4-1)13-12-9-5-2-6-10-12;1-3(2)4(5)6/h1-10,13H;1H2,2H3,(H2,5,6). The Morgan fingerprint density at radius 3 is 1.53 bits per heavy atom. The summed E-state index contributed by atoms with van der Waals surface area (Å²) in [4.78, 5) is 9.82. The molecule has 0 saturated carbocycles. The van der Waals surface area contributed by atoms with Gasteiger partial charge in [0.05, 0.1) is 0 Å². The monoisotopic (exact) mass is 254 g/mol. The lowest BCUT2D eigenvalue weighted by atomic mass is 10.3. The number of primary amides is 1. The molecule has 2 aromatic rings. The van der Waals surface area contributed by atoms with Crippen molar-refractivity contribution < 1.29 is 4.79 Å². The van der Waals surface area contributed by atoms with Gasteiger partial charge in [-0.2, -0.15) is 0 Å². The minimum Gasteiger partial charge on any atom is -0.366 e. The first kappa shape index (κ1) is 14.5. The molecule has 0 fully saturated rings. The van der Waals surface area contributed by atoms with Crippen LogP contribution in [0.3, 0.4) is 0 Å². The third-order valence-electron chi connectivity index (χ3n) is 2.26. The van der Waals surface area contributed by atoms with Crippen molar-refractivity contribution in [3.8, 4) is 0 Å². The molecule has 0 atom stereocenters. The van der Waals surface area contributed by atoms with Gasteiger partial charge in [-0.3, -0.25) is 4.79 Å². The van der Waals surface area contributed by atoms with E-state index in [1.165, 1.54) is 0 Å². The van der Waals surface area contributed by atoms with Crippen LogP contribution < -0.4 is 11.1 Å². The molecule has 0 unspecified atom stereocenters. The topological polar surface area (TPSA) is 55.1 Å². The van der Waals surface area contributed by atoms with Gasteiger partial charge in [0.25, 0.3) is 0 Å². The largest absolute Gasteiger partial charge is 0.366 e. The van der Waals surface area contributed by atoms with Crippen LogP contribution in [0.2, 0.25) is 0 Å². The van der Waals surface area contributed by atoms with Crippen LogP contribution in [0.25, 0.3) is 0 Å². The van der Waals surface area contributed by atoms with Crippen LogP contribution in [0, 0.1) is 0 Å². The van der Waals surface area contributed by atoms with E-state index >= 15 is 0 Å². The fourth-order valence-corrected chi connectivity index (χ4v) is 1.21. The van der Waals surface area contributed by atoms with Gasteiger partial charge in [-0.1, -0.05) is 43.0 Å². The van der Waals surface area contributed by atoms with Crippen molar-refractivity contribution in [2.75, 3.05) is 5.32 Å². The molecule has 0 bridgehead atoms. The predicted molar refractivity (Wildman–Crippen MR) is 80.2 cm³/mol. The number of para-hydroxylation sites is 2. The zero-order valence-electron chi connectivity index (χ0n) is 11.0. The fraction of sp³-hybridized carbons (Fsp3) is 0.0625. The van der Waals surface area contributed by atoms with Crippen LogP contribution in [0.15, 0.2) is 72.8 Å². The Hall–Kier alpha value is -2.55. The van der Waals surface area contributed by atoms with E-state index < -0.39 is 5.91 Å². The van der Waals surface area contributed by atoms with E-state index in [9.17, 15) is 4.79 Å². The molecule has 0 spiro atoms. The van der Waals surface area contributed by atoms with Gasteiger partial charge >= 0.3 is 0 Å². The molecule has 3 N–H and O–H groups in total. The van der Waals surface area contributed by atoms with Crippen molar-refractivity contribution in [2.24, 2.45) is 5.73 Å². The number of carbonyl (C=O) groups excluding carboxylic acids is 1. The molecular formula is C16H18N2O. The maximum absolute atomic E-state index is 9.82. The molecule has 3 heteroatoms. The number of nitrogens with one attached hydrogen (secondary N) is 1. The number of nitrogens with two attached hydrogens (primary N) is 1. The summed E-state index contributed by atoms with van der Waals surface area (Å²) < 4.78 is 0. The first-order valence-electron chi connectivity index (χ1n) is 5.92. The Morgan fingerprint density at radius 1 is 0.947 bits per heavy atom. The van der Waals surface area contributed by atoms with E-state index in [2.05, 4.69) is 11.9 Å². The quantitative estimate of drug-likeness (QED) is 0.824. The number of rotatable bonds is 3. The summed E-state index contributed by atoms with van der Waals surface area (Å²) in [6.07, 6.45) is 0. The maximum atomic E-state index is 9.82. The second kappa shape index (κ2) is 7.71. The van der Waals surface area contributed by atoms with Gasteiger partial charge in [0.15, 0.2) is 0 Å². The number of anilines is 2. The molecule has 0 aromatic heterocycles. The molecule has 0 saturated heterocycles. The van der Waals surface area contributed by atoms with Crippen molar-refractivity contribution in [3.63, 3.8) is 0 Å². The summed E-state index contributed by atoms with van der Waals surface area (Å²) >= 11 is 0. The Kier molecular flexibility index (Phi) is 5.89. The van der Waals surface area contributed by atoms with Crippen molar-refractivity contribution in [2.45, 2.75) is 6.92 Å². The Balaban J connectivity index is 0.000000258. The van der Waals surface area contributed by atoms with Gasteiger partial charge in [-0.25, -0.2) is 0 Å². The van der Waals surface area contributed by atoms with Gasteiger partial charge in [-0.05, 0) is 31.2 Å². The summed E-state index contributed by atoms with van der Waals surface area (Å²) in [5.41, 5.74) is 7.33. The molecule has 2 aromatic carbocycles. The molecule has 0 aliphatic rings. The zero-order valence-corrected chi connectivity index (χ0v) is 11.0. The second-order valence-electron chi connectivity index (χ2n) is 4.00. The summed E-state index contributed by atoms with van der Waals surface area (Å²) in [6.45, 7) is 4.85. The lowest BCUT2D eigenvalue weighted by Crippen LogP contribution is -2.10. The number of hydrogen-bond donors (Lipinski definition) is 2. The average Bonchev–Trinajstić information content (AvgIpc) is 2.41. The molecule has 0 radical (unpaired) electrons.